The first kappa shape index (κ1) is 15.4. The van der Waals surface area contributed by atoms with Gasteiger partial charge in [-0.1, -0.05) is 17.7 Å². The molecule has 1 N–H and O–H groups in total. The molecular weight excluding hydrogens is 314 g/mol. The van der Waals surface area contributed by atoms with Crippen LogP contribution in [0.3, 0.4) is 0 Å². The number of anilines is 1. The zero-order chi connectivity index (χ0) is 17.4. The number of fused-ring (bicyclic) bond motifs is 1. The van der Waals surface area contributed by atoms with Crippen molar-refractivity contribution in [3.05, 3.63) is 83.1 Å². The second-order valence-electron chi connectivity index (χ2n) is 6.31. The first-order valence-electron chi connectivity index (χ1n) is 8.25. The minimum absolute atomic E-state index is 0.0400. The first-order valence-corrected chi connectivity index (χ1v) is 8.25. The average Bonchev–Trinajstić information content (AvgIpc) is 3.20. The quantitative estimate of drug-likeness (QED) is 0.782. The molecule has 1 amide bonds. The van der Waals surface area contributed by atoms with Crippen LogP contribution in [0, 0.1) is 13.8 Å². The van der Waals surface area contributed by atoms with Gasteiger partial charge in [0.2, 0.25) is 0 Å². The second kappa shape index (κ2) is 6.09. The van der Waals surface area contributed by atoms with Crippen molar-refractivity contribution in [2.75, 3.05) is 5.32 Å². The fraction of sp³-hybridized carbons (Fsp3) is 0.200. The molecule has 126 valence electrons. The summed E-state index contributed by atoms with van der Waals surface area (Å²) in [5, 5.41) is 3.49. The van der Waals surface area contributed by atoms with Gasteiger partial charge in [0.15, 0.2) is 0 Å². The van der Waals surface area contributed by atoms with Gasteiger partial charge in [0.05, 0.1) is 24.1 Å². The van der Waals surface area contributed by atoms with Crippen LogP contribution in [0.5, 0.6) is 0 Å². The Morgan fingerprint density at radius 3 is 2.84 bits per heavy atom. The van der Waals surface area contributed by atoms with Gasteiger partial charge < -0.3 is 14.6 Å². The SMILES string of the molecule is Cc1ccc(N[C@@H]2c3ncccc3C(=O)N2Cc2ccco2)c(C)c1. The van der Waals surface area contributed by atoms with Gasteiger partial charge in [-0.25, -0.2) is 0 Å². The van der Waals surface area contributed by atoms with Crippen LogP contribution in [0.4, 0.5) is 5.69 Å². The maximum Gasteiger partial charge on any atom is 0.258 e. The Hall–Kier alpha value is -3.08. The molecule has 0 radical (unpaired) electrons. The third-order valence-electron chi connectivity index (χ3n) is 4.48. The van der Waals surface area contributed by atoms with Gasteiger partial charge in [0.1, 0.15) is 11.9 Å². The summed E-state index contributed by atoms with van der Waals surface area (Å²) < 4.78 is 5.44. The molecule has 5 nitrogen and oxygen atoms in total. The van der Waals surface area contributed by atoms with E-state index in [4.69, 9.17) is 4.42 Å². The van der Waals surface area contributed by atoms with E-state index in [1.807, 2.05) is 24.3 Å². The lowest BCUT2D eigenvalue weighted by Gasteiger charge is -2.26. The van der Waals surface area contributed by atoms with Crippen LogP contribution in [-0.2, 0) is 6.54 Å². The molecule has 3 aromatic rings. The molecule has 5 heteroatoms. The van der Waals surface area contributed by atoms with Crippen LogP contribution in [-0.4, -0.2) is 15.8 Å². The predicted molar refractivity (Wildman–Crippen MR) is 95.1 cm³/mol. The highest BCUT2D eigenvalue weighted by molar-refractivity contribution is 5.98. The van der Waals surface area contributed by atoms with Crippen LogP contribution in [0.15, 0.2) is 59.3 Å². The lowest BCUT2D eigenvalue weighted by molar-refractivity contribution is 0.0714. The fourth-order valence-electron chi connectivity index (χ4n) is 3.24. The van der Waals surface area contributed by atoms with Gasteiger partial charge in [0.25, 0.3) is 5.91 Å². The molecule has 0 unspecified atom stereocenters. The average molecular weight is 333 g/mol. The van der Waals surface area contributed by atoms with Gasteiger partial charge in [-0.3, -0.25) is 9.78 Å². The lowest BCUT2D eigenvalue weighted by atomic mass is 10.1. The Balaban J connectivity index is 1.71. The van der Waals surface area contributed by atoms with E-state index in [0.717, 1.165) is 22.7 Å². The summed E-state index contributed by atoms with van der Waals surface area (Å²) >= 11 is 0. The van der Waals surface area contributed by atoms with Gasteiger partial charge in [-0.2, -0.15) is 0 Å². The third-order valence-corrected chi connectivity index (χ3v) is 4.48. The number of aryl methyl sites for hydroxylation is 2. The standard InChI is InChI=1S/C20H19N3O2/c1-13-7-8-17(14(2)11-13)22-19-18-16(6-3-9-21-18)20(24)23(19)12-15-5-4-10-25-15/h3-11,19,22H,12H2,1-2H3/t19-/m0/s1. The van der Waals surface area contributed by atoms with E-state index in [-0.39, 0.29) is 12.1 Å². The van der Waals surface area contributed by atoms with Gasteiger partial charge >= 0.3 is 0 Å². The maximum atomic E-state index is 12.9. The lowest BCUT2D eigenvalue weighted by Crippen LogP contribution is -2.32. The molecule has 0 spiro atoms. The number of nitrogens with one attached hydrogen (secondary N) is 1. The zero-order valence-corrected chi connectivity index (χ0v) is 14.2. The third kappa shape index (κ3) is 2.78. The van der Waals surface area contributed by atoms with Gasteiger partial charge in [0, 0.05) is 11.9 Å². The predicted octanol–water partition coefficient (Wildman–Crippen LogP) is 4.06. The Morgan fingerprint density at radius 2 is 2.08 bits per heavy atom. The van der Waals surface area contributed by atoms with Crippen molar-refractivity contribution in [1.82, 2.24) is 9.88 Å². The summed E-state index contributed by atoms with van der Waals surface area (Å²) in [5.74, 6) is 0.704. The van der Waals surface area contributed by atoms with Crippen LogP contribution in [0.2, 0.25) is 0 Å². The summed E-state index contributed by atoms with van der Waals surface area (Å²) in [6.45, 7) is 4.52. The molecular formula is C20H19N3O2. The van der Waals surface area contributed by atoms with Crippen molar-refractivity contribution in [3.8, 4) is 0 Å². The number of aromatic nitrogens is 1. The molecule has 4 rings (SSSR count). The summed E-state index contributed by atoms with van der Waals surface area (Å²) in [6, 6.07) is 13.5. The van der Waals surface area contributed by atoms with E-state index in [2.05, 4.69) is 36.3 Å². The Bertz CT molecular complexity index is 918. The number of carbonyl (C=O) groups excluding carboxylic acids is 1. The Labute approximate surface area is 146 Å². The van der Waals surface area contributed by atoms with Crippen molar-refractivity contribution in [3.63, 3.8) is 0 Å². The largest absolute Gasteiger partial charge is 0.467 e. The maximum absolute atomic E-state index is 12.9. The zero-order valence-electron chi connectivity index (χ0n) is 14.2. The molecule has 0 bridgehead atoms. The summed E-state index contributed by atoms with van der Waals surface area (Å²) in [4.78, 5) is 19.1. The topological polar surface area (TPSA) is 58.4 Å². The molecule has 2 aromatic heterocycles. The normalized spacial score (nSPS) is 16.2. The number of benzene rings is 1. The van der Waals surface area contributed by atoms with Gasteiger partial charge in [-0.15, -0.1) is 0 Å². The van der Waals surface area contributed by atoms with E-state index in [9.17, 15) is 4.79 Å². The molecule has 3 heterocycles. The number of rotatable bonds is 4. The molecule has 0 aliphatic carbocycles. The molecule has 25 heavy (non-hydrogen) atoms. The van der Waals surface area contributed by atoms with Crippen molar-refractivity contribution in [2.24, 2.45) is 0 Å². The Morgan fingerprint density at radius 1 is 1.20 bits per heavy atom. The molecule has 1 aromatic carbocycles. The minimum atomic E-state index is -0.324. The Kier molecular flexibility index (Phi) is 3.76. The molecule has 0 fully saturated rings. The van der Waals surface area contributed by atoms with E-state index < -0.39 is 0 Å². The highest BCUT2D eigenvalue weighted by Crippen LogP contribution is 2.35. The number of pyridine rings is 1. The summed E-state index contributed by atoms with van der Waals surface area (Å²) in [5.41, 5.74) is 4.72. The monoisotopic (exact) mass is 333 g/mol. The highest BCUT2D eigenvalue weighted by atomic mass is 16.3. The first-order chi connectivity index (χ1) is 12.1. The summed E-state index contributed by atoms with van der Waals surface area (Å²) in [7, 11) is 0. The fourth-order valence-corrected chi connectivity index (χ4v) is 3.24. The van der Waals surface area contributed by atoms with E-state index in [1.54, 1.807) is 23.4 Å². The number of carbonyl (C=O) groups is 1. The van der Waals surface area contributed by atoms with Crippen molar-refractivity contribution in [1.29, 1.82) is 0 Å². The van der Waals surface area contributed by atoms with Gasteiger partial charge in [-0.05, 0) is 49.7 Å². The second-order valence-corrected chi connectivity index (χ2v) is 6.31. The smallest absolute Gasteiger partial charge is 0.258 e. The molecule has 0 saturated heterocycles. The number of hydrogen-bond acceptors (Lipinski definition) is 4. The van der Waals surface area contributed by atoms with Crippen molar-refractivity contribution >= 4 is 11.6 Å². The highest BCUT2D eigenvalue weighted by Gasteiger charge is 2.38. The summed E-state index contributed by atoms with van der Waals surface area (Å²) in [6.07, 6.45) is 3.02. The minimum Gasteiger partial charge on any atom is -0.467 e. The number of nitrogens with zero attached hydrogens (tertiary/aromatic N) is 2. The molecule has 1 atom stereocenters. The van der Waals surface area contributed by atoms with Crippen molar-refractivity contribution < 1.29 is 9.21 Å². The van der Waals surface area contributed by atoms with Crippen molar-refractivity contribution in [2.45, 2.75) is 26.6 Å². The van der Waals surface area contributed by atoms with Crippen LogP contribution < -0.4 is 5.32 Å². The van der Waals surface area contributed by atoms with Crippen LogP contribution in [0.25, 0.3) is 0 Å². The molecule has 1 aliphatic heterocycles. The van der Waals surface area contributed by atoms with E-state index >= 15 is 0 Å². The number of furan rings is 1. The van der Waals surface area contributed by atoms with E-state index in [1.165, 1.54) is 5.56 Å². The number of hydrogen-bond donors (Lipinski definition) is 1. The number of amides is 1. The van der Waals surface area contributed by atoms with E-state index in [0.29, 0.717) is 12.1 Å². The van der Waals surface area contributed by atoms with Crippen LogP contribution in [0.1, 0.15) is 39.1 Å². The van der Waals surface area contributed by atoms with Crippen LogP contribution >= 0.6 is 0 Å². The molecule has 0 saturated carbocycles. The molecule has 1 aliphatic rings.